The Morgan fingerprint density at radius 1 is 1.19 bits per heavy atom. The van der Waals surface area contributed by atoms with Crippen LogP contribution in [-0.4, -0.2) is 16.2 Å². The van der Waals surface area contributed by atoms with Gasteiger partial charge in [0.15, 0.2) is 0 Å². The van der Waals surface area contributed by atoms with E-state index in [0.29, 0.717) is 6.42 Å². The lowest BCUT2D eigenvalue weighted by atomic mass is 9.98. The van der Waals surface area contributed by atoms with Crippen LogP contribution in [-0.2, 0) is 6.42 Å². The molecule has 16 heavy (non-hydrogen) atoms. The van der Waals surface area contributed by atoms with Crippen molar-refractivity contribution in [2.24, 2.45) is 0 Å². The van der Waals surface area contributed by atoms with Crippen molar-refractivity contribution in [2.45, 2.75) is 19.4 Å². The van der Waals surface area contributed by atoms with Crippen LogP contribution in [0.5, 0.6) is 0 Å². The van der Waals surface area contributed by atoms with E-state index >= 15 is 0 Å². The van der Waals surface area contributed by atoms with Gasteiger partial charge in [0, 0.05) is 18.0 Å². The molecule has 0 fully saturated rings. The molecule has 1 aromatic heterocycles. The van der Waals surface area contributed by atoms with Gasteiger partial charge in [0.05, 0.1) is 6.10 Å². The largest absolute Gasteiger partial charge is 0.393 e. The fourth-order valence-electron chi connectivity index (χ4n) is 1.80. The molecule has 0 aliphatic rings. The smallest absolute Gasteiger partial charge is 0.0552 e. The Morgan fingerprint density at radius 2 is 1.94 bits per heavy atom. The number of rotatable bonds is 3. The maximum absolute atomic E-state index is 9.46. The van der Waals surface area contributed by atoms with Crippen molar-refractivity contribution in [1.29, 1.82) is 0 Å². The number of aromatic nitrogens is 1. The average Bonchev–Trinajstić information content (AvgIpc) is 2.30. The normalized spacial score (nSPS) is 12.4. The molecule has 1 aromatic carbocycles. The summed E-state index contributed by atoms with van der Waals surface area (Å²) in [5.74, 6) is 0. The van der Waals surface area contributed by atoms with Gasteiger partial charge in [0.2, 0.25) is 0 Å². The fourth-order valence-corrected chi connectivity index (χ4v) is 1.80. The van der Waals surface area contributed by atoms with Crippen LogP contribution in [0, 0.1) is 0 Å². The summed E-state index contributed by atoms with van der Waals surface area (Å²) in [6, 6.07) is 12.1. The minimum Gasteiger partial charge on any atom is -0.393 e. The van der Waals surface area contributed by atoms with E-state index in [2.05, 4.69) is 17.1 Å². The minimum atomic E-state index is -0.329. The molecule has 0 radical (unpaired) electrons. The van der Waals surface area contributed by atoms with Gasteiger partial charge in [-0.05, 0) is 30.5 Å². The first-order valence-corrected chi connectivity index (χ1v) is 5.44. The number of hydrogen-bond acceptors (Lipinski definition) is 2. The van der Waals surface area contributed by atoms with Crippen LogP contribution in [0.1, 0.15) is 12.5 Å². The first kappa shape index (κ1) is 10.8. The van der Waals surface area contributed by atoms with Gasteiger partial charge in [-0.1, -0.05) is 30.3 Å². The SMILES string of the molecule is CC(O)Cc1ccncc1-c1ccccc1. The van der Waals surface area contributed by atoms with Gasteiger partial charge >= 0.3 is 0 Å². The lowest BCUT2D eigenvalue weighted by Crippen LogP contribution is -2.05. The molecule has 2 rings (SSSR count). The van der Waals surface area contributed by atoms with Crippen molar-refractivity contribution >= 4 is 0 Å². The summed E-state index contributed by atoms with van der Waals surface area (Å²) >= 11 is 0. The second-order valence-electron chi connectivity index (χ2n) is 3.95. The predicted molar refractivity (Wildman–Crippen MR) is 65.1 cm³/mol. The van der Waals surface area contributed by atoms with Gasteiger partial charge in [-0.15, -0.1) is 0 Å². The van der Waals surface area contributed by atoms with E-state index in [1.165, 1.54) is 0 Å². The van der Waals surface area contributed by atoms with E-state index in [4.69, 9.17) is 0 Å². The fraction of sp³-hybridized carbons (Fsp3) is 0.214. The maximum atomic E-state index is 9.46. The van der Waals surface area contributed by atoms with Crippen molar-refractivity contribution in [3.63, 3.8) is 0 Å². The van der Waals surface area contributed by atoms with Crippen LogP contribution in [0.15, 0.2) is 48.8 Å². The zero-order valence-corrected chi connectivity index (χ0v) is 9.30. The number of aliphatic hydroxyl groups is 1. The highest BCUT2D eigenvalue weighted by Crippen LogP contribution is 2.23. The van der Waals surface area contributed by atoms with Crippen molar-refractivity contribution < 1.29 is 5.11 Å². The highest BCUT2D eigenvalue weighted by atomic mass is 16.3. The van der Waals surface area contributed by atoms with Gasteiger partial charge in [-0.3, -0.25) is 4.98 Å². The first-order valence-electron chi connectivity index (χ1n) is 5.44. The van der Waals surface area contributed by atoms with E-state index in [0.717, 1.165) is 16.7 Å². The number of hydrogen-bond donors (Lipinski definition) is 1. The summed E-state index contributed by atoms with van der Waals surface area (Å²) in [5.41, 5.74) is 3.38. The molecule has 1 unspecified atom stereocenters. The Kier molecular flexibility index (Phi) is 3.32. The second-order valence-corrected chi connectivity index (χ2v) is 3.95. The topological polar surface area (TPSA) is 33.1 Å². The standard InChI is InChI=1S/C14H15NO/c1-11(16)9-13-7-8-15-10-14(13)12-5-3-2-4-6-12/h2-8,10-11,16H,9H2,1H3. The lowest BCUT2D eigenvalue weighted by Gasteiger charge is -2.10. The molecule has 0 aliphatic carbocycles. The van der Waals surface area contributed by atoms with Gasteiger partial charge in [-0.25, -0.2) is 0 Å². The summed E-state index contributed by atoms with van der Waals surface area (Å²) in [4.78, 5) is 4.15. The molecule has 2 aromatic rings. The molecule has 0 saturated carbocycles. The van der Waals surface area contributed by atoms with Gasteiger partial charge in [0.25, 0.3) is 0 Å². The summed E-state index contributed by atoms with van der Waals surface area (Å²) in [5, 5.41) is 9.46. The summed E-state index contributed by atoms with van der Waals surface area (Å²) in [6.45, 7) is 1.80. The van der Waals surface area contributed by atoms with Crippen LogP contribution < -0.4 is 0 Å². The van der Waals surface area contributed by atoms with E-state index in [1.807, 2.05) is 30.5 Å². The van der Waals surface area contributed by atoms with Crippen LogP contribution in [0.25, 0.3) is 11.1 Å². The first-order chi connectivity index (χ1) is 7.77. The lowest BCUT2D eigenvalue weighted by molar-refractivity contribution is 0.195. The van der Waals surface area contributed by atoms with Crippen LogP contribution in [0.4, 0.5) is 0 Å². The third kappa shape index (κ3) is 2.47. The number of benzene rings is 1. The van der Waals surface area contributed by atoms with E-state index in [9.17, 15) is 5.11 Å². The Bertz CT molecular complexity index is 451. The summed E-state index contributed by atoms with van der Waals surface area (Å²) in [7, 11) is 0. The third-order valence-corrected chi connectivity index (χ3v) is 2.51. The van der Waals surface area contributed by atoms with E-state index < -0.39 is 0 Å². The maximum Gasteiger partial charge on any atom is 0.0552 e. The molecule has 0 spiro atoms. The quantitative estimate of drug-likeness (QED) is 0.850. The Hall–Kier alpha value is -1.67. The van der Waals surface area contributed by atoms with E-state index in [1.54, 1.807) is 13.1 Å². The molecule has 0 amide bonds. The van der Waals surface area contributed by atoms with Gasteiger partial charge in [-0.2, -0.15) is 0 Å². The molecular formula is C14H15NO. The Balaban J connectivity index is 2.41. The minimum absolute atomic E-state index is 0.329. The molecule has 1 N–H and O–H groups in total. The van der Waals surface area contributed by atoms with Crippen molar-refractivity contribution in [3.8, 4) is 11.1 Å². The van der Waals surface area contributed by atoms with Crippen LogP contribution in [0.3, 0.4) is 0 Å². The highest BCUT2D eigenvalue weighted by Gasteiger charge is 2.06. The summed E-state index contributed by atoms with van der Waals surface area (Å²) < 4.78 is 0. The number of nitrogens with zero attached hydrogens (tertiary/aromatic N) is 1. The molecule has 1 atom stereocenters. The molecule has 0 saturated heterocycles. The second kappa shape index (κ2) is 4.90. The monoisotopic (exact) mass is 213 g/mol. The number of pyridine rings is 1. The molecular weight excluding hydrogens is 198 g/mol. The van der Waals surface area contributed by atoms with Crippen LogP contribution in [0.2, 0.25) is 0 Å². The van der Waals surface area contributed by atoms with Gasteiger partial charge in [0.1, 0.15) is 0 Å². The molecule has 1 heterocycles. The third-order valence-electron chi connectivity index (χ3n) is 2.51. The summed E-state index contributed by atoms with van der Waals surface area (Å²) in [6.07, 6.45) is 3.95. The van der Waals surface area contributed by atoms with Crippen LogP contribution >= 0.6 is 0 Å². The molecule has 0 bridgehead atoms. The Labute approximate surface area is 95.6 Å². The van der Waals surface area contributed by atoms with Crippen molar-refractivity contribution in [2.75, 3.05) is 0 Å². The van der Waals surface area contributed by atoms with Crippen molar-refractivity contribution in [1.82, 2.24) is 4.98 Å². The highest BCUT2D eigenvalue weighted by molar-refractivity contribution is 5.66. The molecule has 0 aliphatic heterocycles. The number of aliphatic hydroxyl groups excluding tert-OH is 1. The molecule has 82 valence electrons. The van der Waals surface area contributed by atoms with E-state index in [-0.39, 0.29) is 6.10 Å². The Morgan fingerprint density at radius 3 is 2.62 bits per heavy atom. The zero-order chi connectivity index (χ0) is 11.4. The van der Waals surface area contributed by atoms with Crippen molar-refractivity contribution in [3.05, 3.63) is 54.4 Å². The molecule has 2 nitrogen and oxygen atoms in total. The predicted octanol–water partition coefficient (Wildman–Crippen LogP) is 2.67. The molecule has 2 heteroatoms. The zero-order valence-electron chi connectivity index (χ0n) is 9.30. The average molecular weight is 213 g/mol. The van der Waals surface area contributed by atoms with Gasteiger partial charge < -0.3 is 5.11 Å².